The van der Waals surface area contributed by atoms with Crippen LogP contribution in [0.5, 0.6) is 0 Å². The lowest BCUT2D eigenvalue weighted by molar-refractivity contribution is 0.184. The Hall–Kier alpha value is -0.220. The van der Waals surface area contributed by atoms with Gasteiger partial charge in [0.1, 0.15) is 0 Å². The maximum Gasteiger partial charge on any atom is 0.156 e. The molecular weight excluding hydrogens is 232 g/mol. The summed E-state index contributed by atoms with van der Waals surface area (Å²) < 4.78 is 5.38. The summed E-state index contributed by atoms with van der Waals surface area (Å²) in [5.74, 6) is 2.65. The van der Waals surface area contributed by atoms with Crippen LogP contribution in [0.3, 0.4) is 0 Å². The lowest BCUT2D eigenvalue weighted by atomic mass is 10.0. The van der Waals surface area contributed by atoms with Crippen LogP contribution in [-0.2, 0) is 4.74 Å². The smallest absolute Gasteiger partial charge is 0.156 e. The summed E-state index contributed by atoms with van der Waals surface area (Å²) in [6.07, 6.45) is 3.66. The largest absolute Gasteiger partial charge is 0.381 e. The monoisotopic (exact) mass is 256 g/mol. The number of aliphatic imine (C=N–C) groups is 1. The van der Waals surface area contributed by atoms with E-state index in [0.29, 0.717) is 12.0 Å². The molecule has 17 heavy (non-hydrogen) atoms. The predicted octanol–water partition coefficient (Wildman–Crippen LogP) is 2.52. The third-order valence-corrected chi connectivity index (χ3v) is 4.56. The van der Waals surface area contributed by atoms with E-state index in [-0.39, 0.29) is 0 Å². The molecule has 0 aromatic rings. The Balaban J connectivity index is 1.72. The molecule has 0 aromatic carbocycles. The molecule has 0 spiro atoms. The van der Waals surface area contributed by atoms with Gasteiger partial charge in [0.2, 0.25) is 0 Å². The van der Waals surface area contributed by atoms with Crippen LogP contribution in [0.4, 0.5) is 0 Å². The molecule has 0 aliphatic carbocycles. The predicted molar refractivity (Wildman–Crippen MR) is 74.7 cm³/mol. The first-order valence-electron chi connectivity index (χ1n) is 6.77. The van der Waals surface area contributed by atoms with Gasteiger partial charge in [-0.05, 0) is 31.1 Å². The van der Waals surface area contributed by atoms with Gasteiger partial charge in [-0.1, -0.05) is 25.6 Å². The minimum Gasteiger partial charge on any atom is -0.381 e. The SMILES string of the molecule is CC(C)C1CCSC(=NCCC2CCOC2)N1. The maximum atomic E-state index is 5.38. The average Bonchev–Trinajstić information content (AvgIpc) is 2.82. The molecule has 2 aliphatic heterocycles. The zero-order valence-electron chi connectivity index (χ0n) is 10.9. The number of ether oxygens (including phenoxy) is 1. The third-order valence-electron chi connectivity index (χ3n) is 3.60. The molecule has 0 bridgehead atoms. The quantitative estimate of drug-likeness (QED) is 0.839. The summed E-state index contributed by atoms with van der Waals surface area (Å²) >= 11 is 1.87. The molecule has 1 N–H and O–H groups in total. The maximum absolute atomic E-state index is 5.38. The summed E-state index contributed by atoms with van der Waals surface area (Å²) in [6, 6.07) is 0.616. The highest BCUT2D eigenvalue weighted by atomic mass is 32.2. The van der Waals surface area contributed by atoms with Crippen molar-refractivity contribution in [1.29, 1.82) is 0 Å². The highest BCUT2D eigenvalue weighted by Crippen LogP contribution is 2.20. The zero-order chi connectivity index (χ0) is 12.1. The topological polar surface area (TPSA) is 33.6 Å². The van der Waals surface area contributed by atoms with Gasteiger partial charge >= 0.3 is 0 Å². The first kappa shape index (κ1) is 13.2. The van der Waals surface area contributed by atoms with Crippen LogP contribution in [0.15, 0.2) is 4.99 Å². The van der Waals surface area contributed by atoms with E-state index < -0.39 is 0 Å². The van der Waals surface area contributed by atoms with Crippen LogP contribution < -0.4 is 5.32 Å². The minimum atomic E-state index is 0.616. The number of thioether (sulfide) groups is 1. The molecule has 3 nitrogen and oxygen atoms in total. The number of hydrogen-bond acceptors (Lipinski definition) is 3. The van der Waals surface area contributed by atoms with Gasteiger partial charge < -0.3 is 10.1 Å². The Morgan fingerprint density at radius 2 is 2.35 bits per heavy atom. The van der Waals surface area contributed by atoms with E-state index in [1.165, 1.54) is 25.0 Å². The molecule has 0 saturated carbocycles. The van der Waals surface area contributed by atoms with E-state index in [1.807, 2.05) is 11.8 Å². The van der Waals surface area contributed by atoms with Gasteiger partial charge in [-0.3, -0.25) is 4.99 Å². The molecule has 0 radical (unpaired) electrons. The lowest BCUT2D eigenvalue weighted by Crippen LogP contribution is -2.41. The van der Waals surface area contributed by atoms with Crippen molar-refractivity contribution < 1.29 is 4.74 Å². The molecule has 2 saturated heterocycles. The van der Waals surface area contributed by atoms with Gasteiger partial charge in [0.05, 0.1) is 0 Å². The fraction of sp³-hybridized carbons (Fsp3) is 0.923. The molecule has 98 valence electrons. The van der Waals surface area contributed by atoms with E-state index in [4.69, 9.17) is 9.73 Å². The van der Waals surface area contributed by atoms with Crippen LogP contribution in [0.2, 0.25) is 0 Å². The van der Waals surface area contributed by atoms with Crippen molar-refractivity contribution in [3.05, 3.63) is 0 Å². The molecule has 0 amide bonds. The molecule has 0 aromatic heterocycles. The highest BCUT2D eigenvalue weighted by Gasteiger charge is 2.20. The second-order valence-electron chi connectivity index (χ2n) is 5.34. The molecule has 2 rings (SSSR count). The molecule has 4 heteroatoms. The molecule has 2 unspecified atom stereocenters. The van der Waals surface area contributed by atoms with Crippen molar-refractivity contribution in [3.63, 3.8) is 0 Å². The molecular formula is C13H24N2OS. The lowest BCUT2D eigenvalue weighted by Gasteiger charge is -2.28. The Kier molecular flexibility index (Phi) is 5.16. The van der Waals surface area contributed by atoms with E-state index in [1.54, 1.807) is 0 Å². The van der Waals surface area contributed by atoms with Gasteiger partial charge in [-0.25, -0.2) is 0 Å². The van der Waals surface area contributed by atoms with Crippen molar-refractivity contribution in [2.45, 2.75) is 39.2 Å². The Morgan fingerprint density at radius 1 is 1.47 bits per heavy atom. The summed E-state index contributed by atoms with van der Waals surface area (Å²) in [6.45, 7) is 7.40. The molecule has 2 aliphatic rings. The van der Waals surface area contributed by atoms with Crippen molar-refractivity contribution in [3.8, 4) is 0 Å². The molecule has 2 heterocycles. The van der Waals surface area contributed by atoms with Crippen LogP contribution in [-0.4, -0.2) is 36.7 Å². The second kappa shape index (κ2) is 6.64. The number of nitrogens with one attached hydrogen (secondary N) is 1. The Labute approximate surface area is 109 Å². The van der Waals surface area contributed by atoms with Crippen molar-refractivity contribution >= 4 is 16.9 Å². The second-order valence-corrected chi connectivity index (χ2v) is 6.42. The fourth-order valence-electron chi connectivity index (χ4n) is 2.31. The van der Waals surface area contributed by atoms with Gasteiger partial charge in [0.25, 0.3) is 0 Å². The third kappa shape index (κ3) is 4.18. The summed E-state index contributed by atoms with van der Waals surface area (Å²) in [7, 11) is 0. The van der Waals surface area contributed by atoms with Gasteiger partial charge in [0, 0.05) is 31.6 Å². The van der Waals surface area contributed by atoms with E-state index in [2.05, 4.69) is 19.2 Å². The molecule has 2 fully saturated rings. The first-order chi connectivity index (χ1) is 8.25. The normalized spacial score (nSPS) is 32.1. The number of hydrogen-bond donors (Lipinski definition) is 1. The Bertz CT molecular complexity index is 262. The van der Waals surface area contributed by atoms with Gasteiger partial charge in [-0.15, -0.1) is 0 Å². The summed E-state index contributed by atoms with van der Waals surface area (Å²) in [4.78, 5) is 4.69. The number of rotatable bonds is 4. The first-order valence-corrected chi connectivity index (χ1v) is 7.76. The van der Waals surface area contributed by atoms with Gasteiger partial charge in [0.15, 0.2) is 5.17 Å². The standard InChI is InChI=1S/C13H24N2OS/c1-10(2)12-5-8-17-13(15-12)14-6-3-11-4-7-16-9-11/h10-12H,3-9H2,1-2H3,(H,14,15). The van der Waals surface area contributed by atoms with Crippen molar-refractivity contribution in [2.75, 3.05) is 25.5 Å². The average molecular weight is 256 g/mol. The molecule has 2 atom stereocenters. The number of nitrogens with zero attached hydrogens (tertiary/aromatic N) is 1. The minimum absolute atomic E-state index is 0.616. The fourth-order valence-corrected chi connectivity index (χ4v) is 3.29. The highest BCUT2D eigenvalue weighted by molar-refractivity contribution is 8.13. The van der Waals surface area contributed by atoms with E-state index in [0.717, 1.165) is 30.8 Å². The summed E-state index contributed by atoms with van der Waals surface area (Å²) in [5.41, 5.74) is 0. The van der Waals surface area contributed by atoms with Crippen molar-refractivity contribution in [2.24, 2.45) is 16.8 Å². The van der Waals surface area contributed by atoms with Crippen LogP contribution in [0.25, 0.3) is 0 Å². The van der Waals surface area contributed by atoms with Crippen molar-refractivity contribution in [1.82, 2.24) is 5.32 Å². The zero-order valence-corrected chi connectivity index (χ0v) is 11.8. The van der Waals surface area contributed by atoms with E-state index in [9.17, 15) is 0 Å². The van der Waals surface area contributed by atoms with Crippen LogP contribution >= 0.6 is 11.8 Å². The summed E-state index contributed by atoms with van der Waals surface area (Å²) in [5, 5.41) is 4.72. The van der Waals surface area contributed by atoms with Crippen LogP contribution in [0, 0.1) is 11.8 Å². The van der Waals surface area contributed by atoms with Gasteiger partial charge in [-0.2, -0.15) is 0 Å². The van der Waals surface area contributed by atoms with E-state index >= 15 is 0 Å². The Morgan fingerprint density at radius 3 is 3.06 bits per heavy atom. The van der Waals surface area contributed by atoms with Crippen LogP contribution in [0.1, 0.15) is 33.1 Å². The number of amidine groups is 1.